The molecule has 0 bridgehead atoms. The number of carbonyl (C=O) groups is 1. The Labute approximate surface area is 179 Å². The number of anilines is 1. The number of amides is 1. The highest BCUT2D eigenvalue weighted by Gasteiger charge is 2.26. The quantitative estimate of drug-likeness (QED) is 0.635. The highest BCUT2D eigenvalue weighted by atomic mass is 16.2. The molecule has 0 saturated carbocycles. The topological polar surface area (TPSA) is 54.3 Å². The van der Waals surface area contributed by atoms with Gasteiger partial charge in [0.2, 0.25) is 0 Å². The minimum Gasteiger partial charge on any atom is -0.362 e. The first kappa shape index (κ1) is 21.6. The average molecular weight is 406 g/mol. The van der Waals surface area contributed by atoms with E-state index in [0.29, 0.717) is 11.4 Å². The molecular weight excluding hydrogens is 374 g/mol. The van der Waals surface area contributed by atoms with Crippen molar-refractivity contribution in [3.63, 3.8) is 0 Å². The smallest absolute Gasteiger partial charge is 0.257 e. The minimum atomic E-state index is -0.0998. The molecule has 3 aromatic rings. The van der Waals surface area contributed by atoms with E-state index in [1.165, 1.54) is 0 Å². The summed E-state index contributed by atoms with van der Waals surface area (Å²) in [4.78, 5) is 22.0. The highest BCUT2D eigenvalue weighted by Crippen LogP contribution is 2.30. The van der Waals surface area contributed by atoms with Gasteiger partial charge in [-0.2, -0.15) is 5.10 Å². The number of hydrogen-bond donors (Lipinski definition) is 0. The van der Waals surface area contributed by atoms with Gasteiger partial charge in [-0.05, 0) is 45.4 Å². The molecule has 30 heavy (non-hydrogen) atoms. The number of aromatic nitrogens is 3. The molecule has 2 heterocycles. The van der Waals surface area contributed by atoms with E-state index in [9.17, 15) is 4.79 Å². The Morgan fingerprint density at radius 2 is 1.70 bits per heavy atom. The van der Waals surface area contributed by atoms with Crippen molar-refractivity contribution in [2.45, 2.75) is 33.7 Å². The van der Waals surface area contributed by atoms with Gasteiger partial charge in [0, 0.05) is 45.0 Å². The maximum atomic E-state index is 13.5. The number of aryl methyl sites for hydroxylation is 3. The largest absolute Gasteiger partial charge is 0.362 e. The fourth-order valence-electron chi connectivity index (χ4n) is 3.92. The van der Waals surface area contributed by atoms with E-state index >= 15 is 0 Å². The molecule has 1 aromatic carbocycles. The molecule has 1 amide bonds. The minimum absolute atomic E-state index is 0.0577. The predicted octanol–water partition coefficient (Wildman–Crippen LogP) is 4.31. The average Bonchev–Trinajstić information content (AvgIpc) is 2.97. The van der Waals surface area contributed by atoms with E-state index in [-0.39, 0.29) is 11.9 Å². The van der Waals surface area contributed by atoms with Crippen LogP contribution in [0.2, 0.25) is 0 Å². The van der Waals surface area contributed by atoms with Crippen molar-refractivity contribution in [2.75, 3.05) is 26.0 Å². The van der Waals surface area contributed by atoms with Gasteiger partial charge < -0.3 is 9.80 Å². The molecule has 2 aromatic heterocycles. The Balaban J connectivity index is 2.00. The summed E-state index contributed by atoms with van der Waals surface area (Å²) in [6.07, 6.45) is 0. The summed E-state index contributed by atoms with van der Waals surface area (Å²) in [5, 5.41) is 4.50. The molecular formula is C24H31N5O. The zero-order valence-corrected chi connectivity index (χ0v) is 19.2. The molecule has 1 atom stereocenters. The van der Waals surface area contributed by atoms with Gasteiger partial charge in [0.25, 0.3) is 5.91 Å². The number of nitrogens with zero attached hydrogens (tertiary/aromatic N) is 5. The molecule has 0 N–H and O–H groups in total. The lowest BCUT2D eigenvalue weighted by Crippen LogP contribution is -2.32. The lowest BCUT2D eigenvalue weighted by Gasteiger charge is -2.27. The van der Waals surface area contributed by atoms with Crippen LogP contribution in [-0.4, -0.2) is 46.7 Å². The summed E-state index contributed by atoms with van der Waals surface area (Å²) >= 11 is 0. The summed E-state index contributed by atoms with van der Waals surface area (Å²) in [6.45, 7) is 8.13. The second-order valence-electron chi connectivity index (χ2n) is 8.08. The van der Waals surface area contributed by atoms with Crippen LogP contribution in [0.25, 0.3) is 11.3 Å². The summed E-state index contributed by atoms with van der Waals surface area (Å²) in [6, 6.07) is 11.9. The molecule has 0 fully saturated rings. The van der Waals surface area contributed by atoms with Crippen LogP contribution in [0.5, 0.6) is 0 Å². The van der Waals surface area contributed by atoms with Gasteiger partial charge in [0.05, 0.1) is 23.0 Å². The van der Waals surface area contributed by atoms with Crippen molar-refractivity contribution in [1.82, 2.24) is 19.7 Å². The van der Waals surface area contributed by atoms with Crippen molar-refractivity contribution < 1.29 is 4.79 Å². The second kappa shape index (κ2) is 8.30. The molecule has 0 spiro atoms. The molecule has 6 nitrogen and oxygen atoms in total. The first-order chi connectivity index (χ1) is 14.1. The van der Waals surface area contributed by atoms with Crippen LogP contribution in [0, 0.1) is 20.8 Å². The lowest BCUT2D eigenvalue weighted by molar-refractivity contribution is 0.0742. The van der Waals surface area contributed by atoms with Crippen LogP contribution in [0.15, 0.2) is 36.4 Å². The fraction of sp³-hybridized carbons (Fsp3) is 0.375. The van der Waals surface area contributed by atoms with Crippen molar-refractivity contribution >= 4 is 11.7 Å². The Morgan fingerprint density at radius 3 is 2.27 bits per heavy atom. The first-order valence-corrected chi connectivity index (χ1v) is 10.1. The zero-order valence-electron chi connectivity index (χ0n) is 19.2. The molecule has 3 rings (SSSR count). The van der Waals surface area contributed by atoms with Crippen molar-refractivity contribution in [2.24, 2.45) is 7.05 Å². The number of pyridine rings is 1. The molecule has 0 radical (unpaired) electrons. The van der Waals surface area contributed by atoms with Crippen LogP contribution >= 0.6 is 0 Å². The van der Waals surface area contributed by atoms with E-state index < -0.39 is 0 Å². The van der Waals surface area contributed by atoms with Crippen LogP contribution in [0.3, 0.4) is 0 Å². The van der Waals surface area contributed by atoms with Crippen molar-refractivity contribution in [3.8, 4) is 11.3 Å². The highest BCUT2D eigenvalue weighted by molar-refractivity contribution is 5.99. The molecule has 158 valence electrons. The maximum absolute atomic E-state index is 13.5. The molecule has 1 unspecified atom stereocenters. The number of rotatable bonds is 5. The third-order valence-corrected chi connectivity index (χ3v) is 5.83. The summed E-state index contributed by atoms with van der Waals surface area (Å²) in [5.74, 6) is 0.608. The van der Waals surface area contributed by atoms with Gasteiger partial charge in [-0.15, -0.1) is 0 Å². The van der Waals surface area contributed by atoms with Crippen LogP contribution in [-0.2, 0) is 7.05 Å². The lowest BCUT2D eigenvalue weighted by atomic mass is 10.0. The fourth-order valence-corrected chi connectivity index (χ4v) is 3.92. The predicted molar refractivity (Wildman–Crippen MR) is 122 cm³/mol. The Kier molecular flexibility index (Phi) is 5.97. The van der Waals surface area contributed by atoms with E-state index in [2.05, 4.69) is 24.2 Å². The third kappa shape index (κ3) is 3.82. The van der Waals surface area contributed by atoms with Gasteiger partial charge in [-0.1, -0.05) is 24.3 Å². The Hall–Kier alpha value is -3.15. The molecule has 0 aliphatic carbocycles. The van der Waals surface area contributed by atoms with Gasteiger partial charge in [-0.3, -0.25) is 9.48 Å². The normalized spacial score (nSPS) is 12.0. The third-order valence-electron chi connectivity index (χ3n) is 5.83. The number of carbonyl (C=O) groups excluding carboxylic acids is 1. The van der Waals surface area contributed by atoms with Gasteiger partial charge in [0.15, 0.2) is 0 Å². The van der Waals surface area contributed by atoms with Crippen LogP contribution < -0.4 is 4.90 Å². The molecule has 0 aliphatic heterocycles. The number of benzene rings is 1. The Bertz CT molecular complexity index is 1080. The molecule has 0 saturated heterocycles. The van der Waals surface area contributed by atoms with Crippen LogP contribution in [0.1, 0.15) is 45.8 Å². The SMILES string of the molecule is Cc1ccccc1-c1ccc(C(=O)N(C)C(C)c2c(C)nn(C)c2C)c(N(C)C)n1. The number of hydrogen-bond acceptors (Lipinski definition) is 4. The Morgan fingerprint density at radius 1 is 1.03 bits per heavy atom. The monoisotopic (exact) mass is 405 g/mol. The molecule has 0 aliphatic rings. The summed E-state index contributed by atoms with van der Waals surface area (Å²) < 4.78 is 1.86. The van der Waals surface area contributed by atoms with Gasteiger partial charge in [-0.25, -0.2) is 4.98 Å². The van der Waals surface area contributed by atoms with Gasteiger partial charge in [0.1, 0.15) is 5.82 Å². The van der Waals surface area contributed by atoms with E-state index in [1.807, 2.05) is 82.8 Å². The van der Waals surface area contributed by atoms with E-state index in [0.717, 1.165) is 33.8 Å². The van der Waals surface area contributed by atoms with Crippen molar-refractivity contribution in [1.29, 1.82) is 0 Å². The summed E-state index contributed by atoms with van der Waals surface area (Å²) in [5.41, 5.74) is 6.78. The van der Waals surface area contributed by atoms with E-state index in [4.69, 9.17) is 4.98 Å². The zero-order chi connectivity index (χ0) is 22.2. The first-order valence-electron chi connectivity index (χ1n) is 10.1. The van der Waals surface area contributed by atoms with Gasteiger partial charge >= 0.3 is 0 Å². The summed E-state index contributed by atoms with van der Waals surface area (Å²) in [7, 11) is 7.60. The molecule has 6 heteroatoms. The second-order valence-corrected chi connectivity index (χ2v) is 8.08. The maximum Gasteiger partial charge on any atom is 0.257 e. The van der Waals surface area contributed by atoms with Crippen molar-refractivity contribution in [3.05, 3.63) is 64.5 Å². The van der Waals surface area contributed by atoms with Crippen LogP contribution in [0.4, 0.5) is 5.82 Å². The van der Waals surface area contributed by atoms with E-state index in [1.54, 1.807) is 4.90 Å². The standard InChI is InChI=1S/C24H31N5O/c1-15-11-9-10-12-19(15)21-14-13-20(23(25-21)27(5)6)24(30)28(7)17(3)22-16(2)26-29(8)18(22)4/h9-14,17H,1-8H3.